The van der Waals surface area contributed by atoms with Gasteiger partial charge in [0.15, 0.2) is 0 Å². The maximum absolute atomic E-state index is 5.58. The fraction of sp³-hybridized carbons (Fsp3) is 0.556. The van der Waals surface area contributed by atoms with E-state index in [9.17, 15) is 0 Å². The Morgan fingerprint density at radius 1 is 1.57 bits per heavy atom. The van der Waals surface area contributed by atoms with Gasteiger partial charge in [0.05, 0.1) is 6.61 Å². The third kappa shape index (κ3) is 2.32. The lowest BCUT2D eigenvalue weighted by Gasteiger charge is -2.22. The summed E-state index contributed by atoms with van der Waals surface area (Å²) in [5.41, 5.74) is 5.43. The molecule has 1 aliphatic rings. The predicted molar refractivity (Wildman–Crippen MR) is 50.9 cm³/mol. The van der Waals surface area contributed by atoms with Gasteiger partial charge in [-0.2, -0.15) is 4.98 Å². The molecule has 1 aromatic rings. The Balaban J connectivity index is 1.95. The van der Waals surface area contributed by atoms with Crippen LogP contribution in [0.5, 0.6) is 5.88 Å². The van der Waals surface area contributed by atoms with Crippen molar-refractivity contribution in [2.45, 2.75) is 18.9 Å². The third-order valence-corrected chi connectivity index (χ3v) is 2.05. The average Bonchev–Trinajstić information content (AvgIpc) is 2.19. The van der Waals surface area contributed by atoms with Crippen molar-refractivity contribution < 1.29 is 9.47 Å². The SMILES string of the molecule is Nc1nccc(OC2CCCOC2)n1. The van der Waals surface area contributed by atoms with E-state index in [1.807, 2.05) is 0 Å². The van der Waals surface area contributed by atoms with Gasteiger partial charge in [0.1, 0.15) is 6.10 Å². The molecule has 76 valence electrons. The highest BCUT2D eigenvalue weighted by Gasteiger charge is 2.15. The van der Waals surface area contributed by atoms with Crippen molar-refractivity contribution in [1.29, 1.82) is 0 Å². The van der Waals surface area contributed by atoms with Crippen molar-refractivity contribution in [3.05, 3.63) is 12.3 Å². The molecule has 0 aromatic carbocycles. The lowest BCUT2D eigenvalue weighted by Crippen LogP contribution is -2.28. The van der Waals surface area contributed by atoms with Crippen molar-refractivity contribution in [3.8, 4) is 5.88 Å². The Morgan fingerprint density at radius 3 is 3.21 bits per heavy atom. The normalized spacial score (nSPS) is 21.9. The third-order valence-electron chi connectivity index (χ3n) is 2.05. The van der Waals surface area contributed by atoms with Crippen molar-refractivity contribution >= 4 is 5.95 Å². The number of aromatic nitrogens is 2. The highest BCUT2D eigenvalue weighted by Crippen LogP contribution is 2.14. The van der Waals surface area contributed by atoms with Gasteiger partial charge in [-0.3, -0.25) is 0 Å². The number of nitrogens with two attached hydrogens (primary N) is 1. The lowest BCUT2D eigenvalue weighted by atomic mass is 10.2. The minimum atomic E-state index is 0.0954. The van der Waals surface area contributed by atoms with E-state index >= 15 is 0 Å². The Bertz CT molecular complexity index is 300. The van der Waals surface area contributed by atoms with E-state index in [0.29, 0.717) is 12.5 Å². The summed E-state index contributed by atoms with van der Waals surface area (Å²) in [4.78, 5) is 7.74. The predicted octanol–water partition coefficient (Wildman–Crippen LogP) is 0.617. The van der Waals surface area contributed by atoms with E-state index in [1.54, 1.807) is 12.3 Å². The topological polar surface area (TPSA) is 70.3 Å². The Morgan fingerprint density at radius 2 is 2.50 bits per heavy atom. The monoisotopic (exact) mass is 195 g/mol. The molecule has 1 atom stereocenters. The van der Waals surface area contributed by atoms with Crippen LogP contribution in [0.15, 0.2) is 12.3 Å². The molecular formula is C9H13N3O2. The molecular weight excluding hydrogens is 182 g/mol. The summed E-state index contributed by atoms with van der Waals surface area (Å²) < 4.78 is 10.9. The van der Waals surface area contributed by atoms with Gasteiger partial charge in [-0.05, 0) is 12.8 Å². The van der Waals surface area contributed by atoms with Crippen molar-refractivity contribution in [1.82, 2.24) is 9.97 Å². The summed E-state index contributed by atoms with van der Waals surface area (Å²) >= 11 is 0. The first-order valence-corrected chi connectivity index (χ1v) is 4.67. The molecule has 1 unspecified atom stereocenters. The molecule has 2 N–H and O–H groups in total. The summed E-state index contributed by atoms with van der Waals surface area (Å²) in [5, 5.41) is 0. The Hall–Kier alpha value is -1.36. The highest BCUT2D eigenvalue weighted by atomic mass is 16.5. The maximum atomic E-state index is 5.58. The van der Waals surface area contributed by atoms with Gasteiger partial charge >= 0.3 is 0 Å². The van der Waals surface area contributed by atoms with E-state index in [0.717, 1.165) is 19.4 Å². The van der Waals surface area contributed by atoms with Gasteiger partial charge < -0.3 is 15.2 Å². The standard InChI is InChI=1S/C9H13N3O2/c10-9-11-4-3-8(12-9)14-7-2-1-5-13-6-7/h3-4,7H,1-2,5-6H2,(H2,10,11,12). The van der Waals surface area contributed by atoms with Crippen molar-refractivity contribution in [2.24, 2.45) is 0 Å². The molecule has 0 saturated carbocycles. The zero-order valence-electron chi connectivity index (χ0n) is 7.85. The van der Waals surface area contributed by atoms with Crippen LogP contribution >= 0.6 is 0 Å². The average molecular weight is 195 g/mol. The van der Waals surface area contributed by atoms with Gasteiger partial charge in [0.2, 0.25) is 11.8 Å². The van der Waals surface area contributed by atoms with Crippen molar-refractivity contribution in [2.75, 3.05) is 18.9 Å². The smallest absolute Gasteiger partial charge is 0.223 e. The molecule has 1 fully saturated rings. The van der Waals surface area contributed by atoms with Crippen LogP contribution in [0.3, 0.4) is 0 Å². The molecule has 0 radical (unpaired) electrons. The zero-order valence-corrected chi connectivity index (χ0v) is 7.85. The van der Waals surface area contributed by atoms with E-state index in [-0.39, 0.29) is 12.1 Å². The van der Waals surface area contributed by atoms with Gasteiger partial charge in [0, 0.05) is 18.9 Å². The summed E-state index contributed by atoms with van der Waals surface area (Å²) in [6, 6.07) is 1.70. The van der Waals surface area contributed by atoms with Crippen LogP contribution in [0.4, 0.5) is 5.95 Å². The van der Waals surface area contributed by atoms with Crippen LogP contribution < -0.4 is 10.5 Å². The molecule has 1 aliphatic heterocycles. The molecule has 0 bridgehead atoms. The number of hydrogen-bond donors (Lipinski definition) is 1. The number of anilines is 1. The first kappa shape index (κ1) is 9.21. The molecule has 1 saturated heterocycles. The zero-order chi connectivity index (χ0) is 9.80. The van der Waals surface area contributed by atoms with Crippen LogP contribution in [0.2, 0.25) is 0 Å². The quantitative estimate of drug-likeness (QED) is 0.749. The minimum Gasteiger partial charge on any atom is -0.472 e. The molecule has 2 rings (SSSR count). The van der Waals surface area contributed by atoms with Gasteiger partial charge in [-0.25, -0.2) is 4.98 Å². The molecule has 5 nitrogen and oxygen atoms in total. The molecule has 0 amide bonds. The largest absolute Gasteiger partial charge is 0.472 e. The summed E-state index contributed by atoms with van der Waals surface area (Å²) in [6.07, 6.45) is 3.72. The Labute approximate surface area is 82.3 Å². The number of nitrogen functional groups attached to an aromatic ring is 1. The van der Waals surface area contributed by atoms with Crippen LogP contribution in [-0.2, 0) is 4.74 Å². The van der Waals surface area contributed by atoms with Gasteiger partial charge in [-0.15, -0.1) is 0 Å². The number of ether oxygens (including phenoxy) is 2. The number of rotatable bonds is 2. The Kier molecular flexibility index (Phi) is 2.78. The van der Waals surface area contributed by atoms with E-state index in [4.69, 9.17) is 15.2 Å². The van der Waals surface area contributed by atoms with Gasteiger partial charge in [0.25, 0.3) is 0 Å². The number of hydrogen-bond acceptors (Lipinski definition) is 5. The van der Waals surface area contributed by atoms with Crippen LogP contribution in [-0.4, -0.2) is 29.3 Å². The summed E-state index contributed by atoms with van der Waals surface area (Å²) in [7, 11) is 0. The second-order valence-corrected chi connectivity index (χ2v) is 3.21. The fourth-order valence-corrected chi connectivity index (χ4v) is 1.40. The summed E-state index contributed by atoms with van der Waals surface area (Å²) in [5.74, 6) is 0.757. The van der Waals surface area contributed by atoms with Crippen LogP contribution in [0.25, 0.3) is 0 Å². The summed E-state index contributed by atoms with van der Waals surface area (Å²) in [6.45, 7) is 1.45. The van der Waals surface area contributed by atoms with Crippen LogP contribution in [0.1, 0.15) is 12.8 Å². The first-order valence-electron chi connectivity index (χ1n) is 4.67. The minimum absolute atomic E-state index is 0.0954. The number of nitrogens with zero attached hydrogens (tertiary/aromatic N) is 2. The maximum Gasteiger partial charge on any atom is 0.223 e. The van der Waals surface area contributed by atoms with Gasteiger partial charge in [-0.1, -0.05) is 0 Å². The van der Waals surface area contributed by atoms with E-state index in [1.165, 1.54) is 0 Å². The molecule has 0 aliphatic carbocycles. The second-order valence-electron chi connectivity index (χ2n) is 3.21. The van der Waals surface area contributed by atoms with Crippen LogP contribution in [0, 0.1) is 0 Å². The second kappa shape index (κ2) is 4.23. The van der Waals surface area contributed by atoms with Crippen molar-refractivity contribution in [3.63, 3.8) is 0 Å². The highest BCUT2D eigenvalue weighted by molar-refractivity contribution is 5.20. The first-order chi connectivity index (χ1) is 6.84. The molecule has 1 aromatic heterocycles. The molecule has 5 heteroatoms. The molecule has 0 spiro atoms. The lowest BCUT2D eigenvalue weighted by molar-refractivity contribution is 0.00551. The molecule has 14 heavy (non-hydrogen) atoms. The molecule has 2 heterocycles. The van der Waals surface area contributed by atoms with E-state index < -0.39 is 0 Å². The van der Waals surface area contributed by atoms with E-state index in [2.05, 4.69) is 9.97 Å². The fourth-order valence-electron chi connectivity index (χ4n) is 1.40.